The summed E-state index contributed by atoms with van der Waals surface area (Å²) in [6.07, 6.45) is 1.68. The number of carbonyl (C=O) groups is 2. The van der Waals surface area contributed by atoms with E-state index in [0.29, 0.717) is 10.7 Å². The number of nitrogens with zero attached hydrogens (tertiary/aromatic N) is 2. The Morgan fingerprint density at radius 2 is 2.18 bits per heavy atom. The second kappa shape index (κ2) is 6.63. The third-order valence-corrected chi connectivity index (χ3v) is 3.78. The van der Waals surface area contributed by atoms with Gasteiger partial charge in [-0.1, -0.05) is 6.07 Å². The van der Waals surface area contributed by atoms with Crippen LogP contribution in [0.5, 0.6) is 0 Å². The molecule has 7 nitrogen and oxygen atoms in total. The van der Waals surface area contributed by atoms with Crippen molar-refractivity contribution in [3.63, 3.8) is 0 Å². The van der Waals surface area contributed by atoms with Crippen LogP contribution in [0.3, 0.4) is 0 Å². The van der Waals surface area contributed by atoms with Gasteiger partial charge in [0, 0.05) is 11.6 Å². The van der Waals surface area contributed by atoms with Gasteiger partial charge >= 0.3 is 5.97 Å². The van der Waals surface area contributed by atoms with E-state index in [0.717, 1.165) is 12.6 Å². The molecule has 0 aliphatic heterocycles. The zero-order valence-electron chi connectivity index (χ0n) is 11.8. The van der Waals surface area contributed by atoms with Crippen LogP contribution < -0.4 is 5.32 Å². The monoisotopic (exact) mass is 321 g/mol. The average Bonchev–Trinajstić information content (AvgIpc) is 2.94. The lowest BCUT2D eigenvalue weighted by Gasteiger charge is -2.17. The number of amides is 1. The fraction of sp³-hybridized carbons (Fsp3) is 0.286. The molecule has 0 bridgehead atoms. The van der Waals surface area contributed by atoms with Gasteiger partial charge in [0.2, 0.25) is 5.91 Å². The molecule has 8 heteroatoms. The van der Waals surface area contributed by atoms with Gasteiger partial charge in [0.1, 0.15) is 5.01 Å². The normalized spacial score (nSPS) is 13.4. The van der Waals surface area contributed by atoms with E-state index in [1.807, 2.05) is 12.1 Å². The van der Waals surface area contributed by atoms with E-state index in [1.165, 1.54) is 11.3 Å². The summed E-state index contributed by atoms with van der Waals surface area (Å²) in [4.78, 5) is 31.0. The standard InChI is InChI=1S/C14H15N3O4S/c1-14(21,13(19)20)8-16-11(18)6-9-7-22-12(17-9)10-4-2-3-5-15-10/h2-5,7,21H,6,8H2,1H3,(H,16,18)(H,19,20). The SMILES string of the molecule is CC(O)(CNC(=O)Cc1csc(-c2ccccn2)n1)C(=O)O. The summed E-state index contributed by atoms with van der Waals surface area (Å²) in [6.45, 7) is 0.760. The molecule has 2 rings (SSSR count). The van der Waals surface area contributed by atoms with Crippen LogP contribution >= 0.6 is 11.3 Å². The Morgan fingerprint density at radius 3 is 2.82 bits per heavy atom. The molecule has 3 N–H and O–H groups in total. The van der Waals surface area contributed by atoms with Crippen molar-refractivity contribution in [2.45, 2.75) is 18.9 Å². The predicted octanol–water partition coefficient (Wildman–Crippen LogP) is 0.699. The summed E-state index contributed by atoms with van der Waals surface area (Å²) in [5.74, 6) is -1.79. The Hall–Kier alpha value is -2.32. The van der Waals surface area contributed by atoms with Crippen LogP contribution in [0.1, 0.15) is 12.6 Å². The Bertz CT molecular complexity index is 670. The number of carboxylic acid groups (broad SMARTS) is 1. The Labute approximate surface area is 130 Å². The van der Waals surface area contributed by atoms with Crippen LogP contribution in [0.4, 0.5) is 0 Å². The highest BCUT2D eigenvalue weighted by Gasteiger charge is 2.30. The van der Waals surface area contributed by atoms with E-state index >= 15 is 0 Å². The van der Waals surface area contributed by atoms with Crippen molar-refractivity contribution in [1.29, 1.82) is 0 Å². The van der Waals surface area contributed by atoms with Gasteiger partial charge in [0.25, 0.3) is 0 Å². The van der Waals surface area contributed by atoms with Crippen LogP contribution in [0, 0.1) is 0 Å². The molecule has 2 heterocycles. The van der Waals surface area contributed by atoms with Crippen molar-refractivity contribution >= 4 is 23.2 Å². The highest BCUT2D eigenvalue weighted by atomic mass is 32.1. The lowest BCUT2D eigenvalue weighted by molar-refractivity contribution is -0.156. The third kappa shape index (κ3) is 4.09. The Kier molecular flexibility index (Phi) is 4.84. The number of carbonyl (C=O) groups excluding carboxylic acids is 1. The molecular weight excluding hydrogens is 306 g/mol. The molecule has 0 spiro atoms. The maximum Gasteiger partial charge on any atom is 0.337 e. The highest BCUT2D eigenvalue weighted by Crippen LogP contribution is 2.21. The predicted molar refractivity (Wildman–Crippen MR) is 80.3 cm³/mol. The number of carboxylic acids is 1. The maximum absolute atomic E-state index is 11.8. The smallest absolute Gasteiger partial charge is 0.337 e. The molecule has 0 aromatic carbocycles. The zero-order valence-corrected chi connectivity index (χ0v) is 12.6. The molecule has 0 aliphatic carbocycles. The van der Waals surface area contributed by atoms with E-state index in [2.05, 4.69) is 15.3 Å². The van der Waals surface area contributed by atoms with Crippen LogP contribution in [0.2, 0.25) is 0 Å². The van der Waals surface area contributed by atoms with Gasteiger partial charge < -0.3 is 15.5 Å². The summed E-state index contributed by atoms with van der Waals surface area (Å²) in [6, 6.07) is 5.48. The molecule has 116 valence electrons. The first-order valence-corrected chi connectivity index (χ1v) is 7.35. The largest absolute Gasteiger partial charge is 0.479 e. The van der Waals surface area contributed by atoms with Gasteiger partial charge in [-0.2, -0.15) is 0 Å². The molecule has 1 amide bonds. The van der Waals surface area contributed by atoms with Gasteiger partial charge in [-0.05, 0) is 19.1 Å². The first-order chi connectivity index (χ1) is 10.4. The summed E-state index contributed by atoms with van der Waals surface area (Å²) >= 11 is 1.38. The molecule has 0 fully saturated rings. The Balaban J connectivity index is 1.93. The first-order valence-electron chi connectivity index (χ1n) is 6.47. The van der Waals surface area contributed by atoms with Crippen molar-refractivity contribution in [2.75, 3.05) is 6.54 Å². The zero-order chi connectivity index (χ0) is 16.2. The minimum absolute atomic E-state index is 0.0129. The number of hydrogen-bond donors (Lipinski definition) is 3. The summed E-state index contributed by atoms with van der Waals surface area (Å²) in [5.41, 5.74) is -0.692. The van der Waals surface area contributed by atoms with E-state index < -0.39 is 17.5 Å². The lowest BCUT2D eigenvalue weighted by atomic mass is 10.1. The van der Waals surface area contributed by atoms with E-state index in [4.69, 9.17) is 5.11 Å². The molecule has 0 radical (unpaired) electrons. The van der Waals surface area contributed by atoms with Crippen molar-refractivity contribution in [3.05, 3.63) is 35.5 Å². The minimum atomic E-state index is -1.99. The molecule has 0 saturated carbocycles. The maximum atomic E-state index is 11.8. The van der Waals surface area contributed by atoms with E-state index in [-0.39, 0.29) is 13.0 Å². The second-order valence-corrected chi connectivity index (χ2v) is 5.75. The number of aliphatic hydroxyl groups is 1. The van der Waals surface area contributed by atoms with Crippen LogP contribution in [0.15, 0.2) is 29.8 Å². The number of aliphatic carboxylic acids is 1. The molecule has 0 aliphatic rings. The van der Waals surface area contributed by atoms with Crippen molar-refractivity contribution in [1.82, 2.24) is 15.3 Å². The highest BCUT2D eigenvalue weighted by molar-refractivity contribution is 7.13. The number of thiazole rings is 1. The van der Waals surface area contributed by atoms with E-state index in [1.54, 1.807) is 17.6 Å². The number of nitrogens with one attached hydrogen (secondary N) is 1. The second-order valence-electron chi connectivity index (χ2n) is 4.89. The van der Waals surface area contributed by atoms with Gasteiger partial charge in [0.05, 0.1) is 24.4 Å². The fourth-order valence-corrected chi connectivity index (χ4v) is 2.36. The van der Waals surface area contributed by atoms with Crippen LogP contribution in [-0.4, -0.2) is 44.2 Å². The lowest BCUT2D eigenvalue weighted by Crippen LogP contribution is -2.46. The first kappa shape index (κ1) is 16.1. The van der Waals surface area contributed by atoms with Gasteiger partial charge in [0.15, 0.2) is 5.60 Å². The van der Waals surface area contributed by atoms with Crippen molar-refractivity contribution in [2.24, 2.45) is 0 Å². The minimum Gasteiger partial charge on any atom is -0.479 e. The molecule has 1 atom stereocenters. The van der Waals surface area contributed by atoms with Gasteiger partial charge in [-0.15, -0.1) is 11.3 Å². The molecule has 2 aromatic heterocycles. The average molecular weight is 321 g/mol. The Morgan fingerprint density at radius 1 is 1.41 bits per heavy atom. The molecule has 22 heavy (non-hydrogen) atoms. The van der Waals surface area contributed by atoms with E-state index in [9.17, 15) is 14.7 Å². The number of rotatable bonds is 6. The third-order valence-electron chi connectivity index (χ3n) is 2.87. The number of hydrogen-bond acceptors (Lipinski definition) is 6. The summed E-state index contributed by atoms with van der Waals surface area (Å²) in [5, 5.41) is 23.1. The van der Waals surface area contributed by atoms with Crippen molar-refractivity contribution < 1.29 is 19.8 Å². The fourth-order valence-electron chi connectivity index (χ4n) is 1.57. The summed E-state index contributed by atoms with van der Waals surface area (Å²) < 4.78 is 0. The number of pyridine rings is 1. The van der Waals surface area contributed by atoms with Crippen LogP contribution in [-0.2, 0) is 16.0 Å². The molecule has 0 saturated heterocycles. The quantitative estimate of drug-likeness (QED) is 0.722. The van der Waals surface area contributed by atoms with Crippen molar-refractivity contribution in [3.8, 4) is 10.7 Å². The summed E-state index contributed by atoms with van der Waals surface area (Å²) in [7, 11) is 0. The molecular formula is C14H15N3O4S. The number of aromatic nitrogens is 2. The van der Waals surface area contributed by atoms with Crippen LogP contribution in [0.25, 0.3) is 10.7 Å². The topological polar surface area (TPSA) is 112 Å². The molecule has 1 unspecified atom stereocenters. The van der Waals surface area contributed by atoms with Gasteiger partial charge in [-0.3, -0.25) is 9.78 Å². The molecule has 2 aromatic rings. The van der Waals surface area contributed by atoms with Gasteiger partial charge in [-0.25, -0.2) is 9.78 Å².